The molecule has 0 saturated carbocycles. The smallest absolute Gasteiger partial charge is 0.258 e. The fourth-order valence-corrected chi connectivity index (χ4v) is 2.40. The molecular weight excluding hydrogens is 344 g/mol. The van der Waals surface area contributed by atoms with Crippen molar-refractivity contribution < 1.29 is 19.1 Å². The summed E-state index contributed by atoms with van der Waals surface area (Å²) in [6, 6.07) is 13.0. The number of carbonyl (C=O) groups is 2. The number of methoxy groups -OCH3 is 1. The van der Waals surface area contributed by atoms with E-state index in [1.807, 2.05) is 56.3 Å². The van der Waals surface area contributed by atoms with Gasteiger partial charge in [0.25, 0.3) is 5.91 Å². The first kappa shape index (κ1) is 20.3. The molecule has 0 aliphatic heterocycles. The van der Waals surface area contributed by atoms with Gasteiger partial charge >= 0.3 is 0 Å². The highest BCUT2D eigenvalue weighted by Crippen LogP contribution is 2.16. The largest absolute Gasteiger partial charge is 0.497 e. The molecule has 2 aromatic rings. The first-order chi connectivity index (χ1) is 13.0. The average Bonchev–Trinajstić information content (AvgIpc) is 2.67. The fourth-order valence-electron chi connectivity index (χ4n) is 2.40. The third-order valence-corrected chi connectivity index (χ3v) is 4.14. The highest BCUT2D eigenvalue weighted by Gasteiger charge is 2.05. The maximum absolute atomic E-state index is 11.9. The maximum atomic E-state index is 11.9. The van der Waals surface area contributed by atoms with Crippen LogP contribution in [-0.4, -0.2) is 38.6 Å². The Hall–Kier alpha value is -3.02. The number of amides is 2. The Kier molecular flexibility index (Phi) is 7.67. The predicted molar refractivity (Wildman–Crippen MR) is 104 cm³/mol. The zero-order valence-corrected chi connectivity index (χ0v) is 16.0. The summed E-state index contributed by atoms with van der Waals surface area (Å²) < 4.78 is 10.6. The van der Waals surface area contributed by atoms with Gasteiger partial charge in [0.2, 0.25) is 5.91 Å². The number of aryl methyl sites for hydroxylation is 2. The third-order valence-electron chi connectivity index (χ3n) is 4.14. The van der Waals surface area contributed by atoms with E-state index >= 15 is 0 Å². The van der Waals surface area contributed by atoms with Crippen molar-refractivity contribution in [1.29, 1.82) is 0 Å². The monoisotopic (exact) mass is 370 g/mol. The first-order valence-electron chi connectivity index (χ1n) is 8.84. The summed E-state index contributed by atoms with van der Waals surface area (Å²) in [5, 5.41) is 5.49. The molecule has 0 fully saturated rings. The molecule has 2 N–H and O–H groups in total. The van der Waals surface area contributed by atoms with Crippen LogP contribution in [0.2, 0.25) is 0 Å². The van der Waals surface area contributed by atoms with Crippen LogP contribution in [0.15, 0.2) is 42.5 Å². The Morgan fingerprint density at radius 3 is 2.11 bits per heavy atom. The molecule has 2 rings (SSSR count). The summed E-state index contributed by atoms with van der Waals surface area (Å²) >= 11 is 0. The minimum Gasteiger partial charge on any atom is -0.497 e. The lowest BCUT2D eigenvalue weighted by Gasteiger charge is -2.10. The molecule has 0 radical (unpaired) electrons. The van der Waals surface area contributed by atoms with Crippen molar-refractivity contribution in [2.24, 2.45) is 0 Å². The van der Waals surface area contributed by atoms with Crippen LogP contribution in [0.25, 0.3) is 0 Å². The van der Waals surface area contributed by atoms with Crippen LogP contribution in [0, 0.1) is 13.8 Å². The summed E-state index contributed by atoms with van der Waals surface area (Å²) in [4.78, 5) is 23.7. The fraction of sp³-hybridized carbons (Fsp3) is 0.333. The lowest BCUT2D eigenvalue weighted by atomic mass is 10.1. The van der Waals surface area contributed by atoms with Gasteiger partial charge in [-0.05, 0) is 54.8 Å². The van der Waals surface area contributed by atoms with E-state index in [1.165, 1.54) is 5.56 Å². The summed E-state index contributed by atoms with van der Waals surface area (Å²) in [5.41, 5.74) is 3.20. The summed E-state index contributed by atoms with van der Waals surface area (Å²) in [6.07, 6.45) is 0.286. The maximum Gasteiger partial charge on any atom is 0.258 e. The van der Waals surface area contributed by atoms with Gasteiger partial charge in [0.15, 0.2) is 6.61 Å². The Balaban J connectivity index is 1.61. The Bertz CT molecular complexity index is 772. The van der Waals surface area contributed by atoms with E-state index in [1.54, 1.807) is 7.11 Å². The molecule has 0 bridgehead atoms. The van der Waals surface area contributed by atoms with Gasteiger partial charge in [-0.2, -0.15) is 0 Å². The van der Waals surface area contributed by atoms with E-state index in [9.17, 15) is 9.59 Å². The minimum absolute atomic E-state index is 0.0533. The van der Waals surface area contributed by atoms with Crippen LogP contribution in [0.4, 0.5) is 0 Å². The molecule has 0 aliphatic rings. The summed E-state index contributed by atoms with van der Waals surface area (Å²) in [6.45, 7) is 4.68. The van der Waals surface area contributed by atoms with Gasteiger partial charge in [0.05, 0.1) is 13.5 Å². The minimum atomic E-state index is -0.224. The zero-order valence-electron chi connectivity index (χ0n) is 16.0. The molecule has 6 heteroatoms. The zero-order chi connectivity index (χ0) is 19.6. The van der Waals surface area contributed by atoms with Crippen LogP contribution >= 0.6 is 0 Å². The van der Waals surface area contributed by atoms with E-state index < -0.39 is 0 Å². The van der Waals surface area contributed by atoms with Gasteiger partial charge in [-0.25, -0.2) is 0 Å². The van der Waals surface area contributed by atoms with Gasteiger partial charge in [-0.3, -0.25) is 9.59 Å². The van der Waals surface area contributed by atoms with Gasteiger partial charge in [0, 0.05) is 13.1 Å². The van der Waals surface area contributed by atoms with Crippen LogP contribution in [-0.2, 0) is 16.0 Å². The number of carbonyl (C=O) groups excluding carboxylic acids is 2. The van der Waals surface area contributed by atoms with Gasteiger partial charge in [-0.15, -0.1) is 0 Å². The molecule has 0 aromatic heterocycles. The van der Waals surface area contributed by atoms with E-state index in [0.717, 1.165) is 16.9 Å². The first-order valence-corrected chi connectivity index (χ1v) is 8.84. The van der Waals surface area contributed by atoms with Crippen LogP contribution in [0.1, 0.15) is 16.7 Å². The van der Waals surface area contributed by atoms with Crippen LogP contribution < -0.4 is 20.1 Å². The molecule has 0 atom stereocenters. The molecule has 0 spiro atoms. The van der Waals surface area contributed by atoms with Crippen LogP contribution in [0.5, 0.6) is 11.5 Å². The van der Waals surface area contributed by atoms with Crippen molar-refractivity contribution in [3.63, 3.8) is 0 Å². The number of hydrogen-bond donors (Lipinski definition) is 2. The molecule has 27 heavy (non-hydrogen) atoms. The number of benzene rings is 2. The lowest BCUT2D eigenvalue weighted by molar-refractivity contribution is -0.124. The normalized spacial score (nSPS) is 10.2. The number of hydrogen-bond acceptors (Lipinski definition) is 4. The molecule has 0 saturated heterocycles. The van der Waals surface area contributed by atoms with Crippen molar-refractivity contribution in [2.75, 3.05) is 26.8 Å². The number of rotatable bonds is 9. The van der Waals surface area contributed by atoms with Crippen molar-refractivity contribution >= 4 is 11.8 Å². The standard InChI is InChI=1S/C21H26N2O4/c1-15-4-7-19(12-16(15)2)27-14-21(25)23-11-10-22-20(24)13-17-5-8-18(26-3)9-6-17/h4-9,12H,10-11,13-14H2,1-3H3,(H,22,24)(H,23,25). The van der Waals surface area contributed by atoms with Crippen molar-refractivity contribution in [2.45, 2.75) is 20.3 Å². The number of nitrogens with one attached hydrogen (secondary N) is 2. The quantitative estimate of drug-likeness (QED) is 0.663. The van der Waals surface area contributed by atoms with E-state index in [2.05, 4.69) is 10.6 Å². The lowest BCUT2D eigenvalue weighted by Crippen LogP contribution is -2.37. The number of ether oxygens (including phenoxy) is 2. The Morgan fingerprint density at radius 2 is 1.48 bits per heavy atom. The summed E-state index contributed by atoms with van der Waals surface area (Å²) in [7, 11) is 1.60. The second kappa shape index (κ2) is 10.2. The molecule has 0 aliphatic carbocycles. The molecular formula is C21H26N2O4. The topological polar surface area (TPSA) is 76.7 Å². The van der Waals surface area contributed by atoms with Crippen molar-refractivity contribution in [3.05, 3.63) is 59.2 Å². The van der Waals surface area contributed by atoms with Gasteiger partial charge in [0.1, 0.15) is 11.5 Å². The highest BCUT2D eigenvalue weighted by molar-refractivity contribution is 5.79. The highest BCUT2D eigenvalue weighted by atomic mass is 16.5. The van der Waals surface area contributed by atoms with Gasteiger partial charge < -0.3 is 20.1 Å². The molecule has 144 valence electrons. The molecule has 0 unspecified atom stereocenters. The Labute approximate surface area is 159 Å². The predicted octanol–water partition coefficient (Wildman–Crippen LogP) is 2.17. The second-order valence-corrected chi connectivity index (χ2v) is 6.26. The van der Waals surface area contributed by atoms with E-state index in [4.69, 9.17) is 9.47 Å². The summed E-state index contributed by atoms with van der Waals surface area (Å²) in [5.74, 6) is 1.10. The molecule has 2 aromatic carbocycles. The molecule has 2 amide bonds. The molecule has 6 nitrogen and oxygen atoms in total. The molecule has 0 heterocycles. The SMILES string of the molecule is COc1ccc(CC(=O)NCCNC(=O)COc2ccc(C)c(C)c2)cc1. The van der Waals surface area contributed by atoms with Gasteiger partial charge in [-0.1, -0.05) is 18.2 Å². The second-order valence-electron chi connectivity index (χ2n) is 6.26. The van der Waals surface area contributed by atoms with Crippen LogP contribution in [0.3, 0.4) is 0 Å². The van der Waals surface area contributed by atoms with Crippen molar-refractivity contribution in [1.82, 2.24) is 10.6 Å². The Morgan fingerprint density at radius 1 is 0.852 bits per heavy atom. The van der Waals surface area contributed by atoms with E-state index in [-0.39, 0.29) is 24.8 Å². The van der Waals surface area contributed by atoms with Crippen molar-refractivity contribution in [3.8, 4) is 11.5 Å². The average molecular weight is 370 g/mol. The third kappa shape index (κ3) is 7.01. The van der Waals surface area contributed by atoms with E-state index in [0.29, 0.717) is 18.8 Å².